The number of carbonyl (C=O) groups excluding carboxylic acids is 2. The third-order valence-electron chi connectivity index (χ3n) is 5.18. The number of hydrogen-bond acceptors (Lipinski definition) is 5. The number of rotatable bonds is 4. The van der Waals surface area contributed by atoms with Crippen LogP contribution in [0.25, 0.3) is 5.69 Å². The smallest absolute Gasteiger partial charge is 0.363 e. The molecule has 0 unspecified atom stereocenters. The molecule has 1 saturated heterocycles. The fourth-order valence-corrected chi connectivity index (χ4v) is 3.84. The van der Waals surface area contributed by atoms with E-state index in [1.165, 1.54) is 10.7 Å². The van der Waals surface area contributed by atoms with Gasteiger partial charge in [0, 0.05) is 28.9 Å². The first-order chi connectivity index (χ1) is 13.8. The third kappa shape index (κ3) is 4.67. The molecule has 0 saturated carbocycles. The summed E-state index contributed by atoms with van der Waals surface area (Å²) in [6.45, 7) is 5.27. The Bertz CT molecular complexity index is 961. The number of likely N-dealkylation sites (tertiary alicyclic amines) is 1. The number of amides is 1. The summed E-state index contributed by atoms with van der Waals surface area (Å²) in [6.07, 6.45) is 2.92. The van der Waals surface area contributed by atoms with Crippen LogP contribution in [-0.4, -0.2) is 45.2 Å². The number of nitrogens with zero attached hydrogens (tertiary/aromatic N) is 3. The maximum absolute atomic E-state index is 12.5. The number of aryl methyl sites for hydroxylation is 1. The Morgan fingerprint density at radius 3 is 2.41 bits per heavy atom. The third-order valence-corrected chi connectivity index (χ3v) is 5.43. The van der Waals surface area contributed by atoms with Crippen LogP contribution < -0.4 is 5.43 Å². The van der Waals surface area contributed by atoms with E-state index in [0.29, 0.717) is 16.4 Å². The molecule has 1 fully saturated rings. The number of carbonyl (C=O) groups is 2. The van der Waals surface area contributed by atoms with E-state index >= 15 is 0 Å². The van der Waals surface area contributed by atoms with E-state index < -0.39 is 18.0 Å². The lowest BCUT2D eigenvalue weighted by Gasteiger charge is -2.38. The molecule has 0 radical (unpaired) electrons. The summed E-state index contributed by atoms with van der Waals surface area (Å²) < 4.78 is 6.61. The molecule has 1 aromatic heterocycles. The lowest BCUT2D eigenvalue weighted by Crippen LogP contribution is -2.49. The van der Waals surface area contributed by atoms with Gasteiger partial charge in [0.15, 0.2) is 6.61 Å². The van der Waals surface area contributed by atoms with Crippen molar-refractivity contribution in [1.82, 2.24) is 14.7 Å². The van der Waals surface area contributed by atoms with Crippen LogP contribution in [0.3, 0.4) is 0 Å². The summed E-state index contributed by atoms with van der Waals surface area (Å²) in [5.41, 5.74) is 0.289. The van der Waals surface area contributed by atoms with Crippen LogP contribution in [0.2, 0.25) is 5.02 Å². The average molecular weight is 418 g/mol. The SMILES string of the molecule is Cc1cc(=O)c(C(=O)OCC(=O)N2[C@@H](C)CCC[C@@H]2C)nn1-c1ccc(Cl)cc1. The van der Waals surface area contributed by atoms with Crippen LogP contribution in [0, 0.1) is 6.92 Å². The van der Waals surface area contributed by atoms with Crippen molar-refractivity contribution in [1.29, 1.82) is 0 Å². The zero-order valence-electron chi connectivity index (χ0n) is 16.7. The molecule has 2 atom stereocenters. The van der Waals surface area contributed by atoms with Crippen LogP contribution in [-0.2, 0) is 9.53 Å². The molecular formula is C21H24ClN3O4. The molecule has 3 rings (SSSR count). The van der Waals surface area contributed by atoms with Crippen LogP contribution in [0.4, 0.5) is 0 Å². The van der Waals surface area contributed by atoms with Crippen molar-refractivity contribution in [2.75, 3.05) is 6.61 Å². The first-order valence-electron chi connectivity index (χ1n) is 9.63. The van der Waals surface area contributed by atoms with Crippen LogP contribution in [0.1, 0.15) is 49.3 Å². The summed E-state index contributed by atoms with van der Waals surface area (Å²) in [5, 5.41) is 4.72. The Kier molecular flexibility index (Phi) is 6.37. The summed E-state index contributed by atoms with van der Waals surface area (Å²) in [7, 11) is 0. The van der Waals surface area contributed by atoms with Gasteiger partial charge in [0.25, 0.3) is 5.91 Å². The molecule has 154 valence electrons. The number of benzene rings is 1. The number of piperidine rings is 1. The van der Waals surface area contributed by atoms with E-state index in [9.17, 15) is 14.4 Å². The van der Waals surface area contributed by atoms with Crippen molar-refractivity contribution in [2.24, 2.45) is 0 Å². The molecule has 1 aliphatic rings. The van der Waals surface area contributed by atoms with Crippen molar-refractivity contribution in [2.45, 2.75) is 52.1 Å². The predicted octanol–water partition coefficient (Wildman–Crippen LogP) is 3.14. The van der Waals surface area contributed by atoms with Gasteiger partial charge in [-0.05, 0) is 64.3 Å². The Balaban J connectivity index is 1.77. The molecule has 2 aromatic rings. The monoisotopic (exact) mass is 417 g/mol. The van der Waals surface area contributed by atoms with E-state index in [-0.39, 0.29) is 23.7 Å². The molecule has 0 spiro atoms. The van der Waals surface area contributed by atoms with Crippen molar-refractivity contribution in [3.05, 3.63) is 57.0 Å². The minimum absolute atomic E-state index is 0.101. The maximum atomic E-state index is 12.5. The molecule has 1 amide bonds. The van der Waals surface area contributed by atoms with Gasteiger partial charge < -0.3 is 9.64 Å². The molecule has 1 aliphatic heterocycles. The van der Waals surface area contributed by atoms with Gasteiger partial charge in [-0.25, -0.2) is 9.48 Å². The fourth-order valence-electron chi connectivity index (χ4n) is 3.72. The van der Waals surface area contributed by atoms with Gasteiger partial charge in [-0.15, -0.1) is 0 Å². The molecule has 0 N–H and O–H groups in total. The highest BCUT2D eigenvalue weighted by Crippen LogP contribution is 2.22. The van der Waals surface area contributed by atoms with Gasteiger partial charge in [-0.3, -0.25) is 9.59 Å². The molecule has 0 bridgehead atoms. The van der Waals surface area contributed by atoms with Crippen LogP contribution in [0.15, 0.2) is 35.1 Å². The molecule has 2 heterocycles. The zero-order chi connectivity index (χ0) is 21.1. The Labute approximate surface area is 174 Å². The molecule has 8 heteroatoms. The molecular weight excluding hydrogens is 394 g/mol. The average Bonchev–Trinajstić information content (AvgIpc) is 2.67. The van der Waals surface area contributed by atoms with Crippen molar-refractivity contribution in [3.63, 3.8) is 0 Å². The van der Waals surface area contributed by atoms with Crippen molar-refractivity contribution < 1.29 is 14.3 Å². The second-order valence-corrected chi connectivity index (χ2v) is 7.83. The predicted molar refractivity (Wildman–Crippen MR) is 109 cm³/mol. The summed E-state index contributed by atoms with van der Waals surface area (Å²) in [5.74, 6) is -1.17. The highest BCUT2D eigenvalue weighted by molar-refractivity contribution is 6.30. The summed E-state index contributed by atoms with van der Waals surface area (Å²) >= 11 is 5.91. The van der Waals surface area contributed by atoms with E-state index in [1.54, 1.807) is 36.1 Å². The first kappa shape index (κ1) is 21.0. The minimum atomic E-state index is -0.914. The van der Waals surface area contributed by atoms with Gasteiger partial charge in [-0.1, -0.05) is 11.6 Å². The molecule has 0 aliphatic carbocycles. The lowest BCUT2D eigenvalue weighted by molar-refractivity contribution is -0.140. The zero-order valence-corrected chi connectivity index (χ0v) is 17.5. The van der Waals surface area contributed by atoms with Crippen molar-refractivity contribution in [3.8, 4) is 5.69 Å². The van der Waals surface area contributed by atoms with Gasteiger partial charge in [0.05, 0.1) is 5.69 Å². The van der Waals surface area contributed by atoms with Gasteiger partial charge in [-0.2, -0.15) is 5.10 Å². The minimum Gasteiger partial charge on any atom is -0.451 e. The van der Waals surface area contributed by atoms with E-state index in [1.807, 2.05) is 13.8 Å². The largest absolute Gasteiger partial charge is 0.451 e. The van der Waals surface area contributed by atoms with Gasteiger partial charge in [0.1, 0.15) is 0 Å². The highest BCUT2D eigenvalue weighted by atomic mass is 35.5. The second kappa shape index (κ2) is 8.78. The number of halogens is 1. The molecule has 7 nitrogen and oxygen atoms in total. The lowest BCUT2D eigenvalue weighted by atomic mass is 9.97. The fraction of sp³-hybridized carbons (Fsp3) is 0.429. The normalized spacial score (nSPS) is 19.1. The highest BCUT2D eigenvalue weighted by Gasteiger charge is 2.30. The maximum Gasteiger partial charge on any atom is 0.363 e. The number of ether oxygens (including phenoxy) is 1. The van der Waals surface area contributed by atoms with Crippen molar-refractivity contribution >= 4 is 23.5 Å². The van der Waals surface area contributed by atoms with Crippen LogP contribution >= 0.6 is 11.6 Å². The van der Waals surface area contributed by atoms with Crippen LogP contribution in [0.5, 0.6) is 0 Å². The Morgan fingerprint density at radius 2 is 1.79 bits per heavy atom. The second-order valence-electron chi connectivity index (χ2n) is 7.39. The summed E-state index contributed by atoms with van der Waals surface area (Å²) in [6, 6.07) is 8.35. The number of esters is 1. The van der Waals surface area contributed by atoms with Gasteiger partial charge in [0.2, 0.25) is 11.1 Å². The number of aromatic nitrogens is 2. The first-order valence-corrected chi connectivity index (χ1v) is 10.0. The van der Waals surface area contributed by atoms with Gasteiger partial charge >= 0.3 is 5.97 Å². The topological polar surface area (TPSA) is 81.5 Å². The Hall–Kier alpha value is -2.67. The molecule has 29 heavy (non-hydrogen) atoms. The standard InChI is InChI=1S/C21H24ClN3O4/c1-13-5-4-6-14(2)24(13)19(27)12-29-21(28)20-18(26)11-15(3)25(23-20)17-9-7-16(22)8-10-17/h7-11,13-14H,4-6,12H2,1-3H3/t13-,14-/m0/s1. The van der Waals surface area contributed by atoms with E-state index in [0.717, 1.165) is 19.3 Å². The number of hydrogen-bond donors (Lipinski definition) is 0. The quantitative estimate of drug-likeness (QED) is 0.714. The Morgan fingerprint density at radius 1 is 1.17 bits per heavy atom. The van der Waals surface area contributed by atoms with E-state index in [4.69, 9.17) is 16.3 Å². The molecule has 1 aromatic carbocycles. The van der Waals surface area contributed by atoms with E-state index in [2.05, 4.69) is 5.10 Å². The summed E-state index contributed by atoms with van der Waals surface area (Å²) in [4.78, 5) is 39.1.